The third-order valence-electron chi connectivity index (χ3n) is 1.92. The molecule has 0 amide bonds. The van der Waals surface area contributed by atoms with Gasteiger partial charge in [0.05, 0.1) is 11.1 Å². The molecule has 0 aliphatic carbocycles. The molecule has 0 saturated carbocycles. The molecule has 2 aromatic rings. The Labute approximate surface area is 85.2 Å². The zero-order valence-corrected chi connectivity index (χ0v) is 7.99. The molecule has 1 aliphatic heterocycles. The zero-order valence-electron chi connectivity index (χ0n) is 7.18. The lowest BCUT2D eigenvalue weighted by Gasteiger charge is -2.17. The summed E-state index contributed by atoms with van der Waals surface area (Å²) in [6, 6.07) is 7.90. The van der Waals surface area contributed by atoms with Crippen LogP contribution in [0.5, 0.6) is 11.5 Å². The van der Waals surface area contributed by atoms with Crippen LogP contribution in [0.3, 0.4) is 0 Å². The molecule has 3 rings (SSSR count). The van der Waals surface area contributed by atoms with Crippen molar-refractivity contribution in [2.24, 2.45) is 0 Å². The Morgan fingerprint density at radius 2 is 2.07 bits per heavy atom. The van der Waals surface area contributed by atoms with E-state index in [2.05, 4.69) is 9.97 Å². The predicted octanol–water partition coefficient (Wildman–Crippen LogP) is 2.73. The lowest BCUT2D eigenvalue weighted by Crippen LogP contribution is -1.96. The molecule has 0 radical (unpaired) electrons. The fraction of sp³-hybridized carbons (Fsp3) is 0. The van der Waals surface area contributed by atoms with Crippen molar-refractivity contribution in [2.45, 2.75) is 9.92 Å². The largest absolute Gasteiger partial charge is 0.452 e. The zero-order chi connectivity index (χ0) is 9.38. The average Bonchev–Trinajstić information content (AvgIpc) is 2.26. The maximum atomic E-state index is 5.63. The maximum Gasteiger partial charge on any atom is 0.178 e. The van der Waals surface area contributed by atoms with Crippen LogP contribution in [0.1, 0.15) is 0 Å². The number of rotatable bonds is 0. The number of hydrogen-bond donors (Lipinski definition) is 0. The van der Waals surface area contributed by atoms with Crippen LogP contribution in [-0.4, -0.2) is 9.97 Å². The summed E-state index contributed by atoms with van der Waals surface area (Å²) in [5.41, 5.74) is 0. The molecular formula is C10H6N2OS. The Hall–Kier alpha value is -1.55. The molecule has 1 aromatic carbocycles. The first kappa shape index (κ1) is 7.82. The van der Waals surface area contributed by atoms with E-state index in [1.807, 2.05) is 24.3 Å². The first-order chi connectivity index (χ1) is 6.93. The van der Waals surface area contributed by atoms with Gasteiger partial charge in [0.15, 0.2) is 5.75 Å². The van der Waals surface area contributed by atoms with E-state index in [1.54, 1.807) is 18.0 Å². The first-order valence-corrected chi connectivity index (χ1v) is 5.00. The van der Waals surface area contributed by atoms with Gasteiger partial charge in [-0.1, -0.05) is 23.9 Å². The van der Waals surface area contributed by atoms with E-state index in [0.29, 0.717) is 0 Å². The van der Waals surface area contributed by atoms with E-state index in [0.717, 1.165) is 21.4 Å². The van der Waals surface area contributed by atoms with Gasteiger partial charge in [-0.05, 0) is 12.1 Å². The normalized spacial score (nSPS) is 12.6. The molecule has 4 heteroatoms. The smallest absolute Gasteiger partial charge is 0.178 e. The summed E-state index contributed by atoms with van der Waals surface area (Å²) in [4.78, 5) is 9.16. The Balaban J connectivity index is 2.12. The minimum absolute atomic E-state index is 0.733. The van der Waals surface area contributed by atoms with Crippen LogP contribution >= 0.6 is 11.8 Å². The highest BCUT2D eigenvalue weighted by atomic mass is 32.2. The third-order valence-corrected chi connectivity index (χ3v) is 2.98. The van der Waals surface area contributed by atoms with Crippen molar-refractivity contribution < 1.29 is 4.74 Å². The number of hydrogen-bond acceptors (Lipinski definition) is 4. The molecule has 2 heterocycles. The molecule has 0 fully saturated rings. The van der Waals surface area contributed by atoms with Gasteiger partial charge in [-0.3, -0.25) is 0 Å². The summed E-state index contributed by atoms with van der Waals surface area (Å²) < 4.78 is 5.63. The van der Waals surface area contributed by atoms with Crippen molar-refractivity contribution in [1.82, 2.24) is 9.97 Å². The number of benzene rings is 1. The first-order valence-electron chi connectivity index (χ1n) is 4.18. The Bertz CT molecular complexity index is 400. The third kappa shape index (κ3) is 1.15. The van der Waals surface area contributed by atoms with E-state index in [-0.39, 0.29) is 0 Å². The van der Waals surface area contributed by atoms with Gasteiger partial charge in [-0.25, -0.2) is 9.97 Å². The van der Waals surface area contributed by atoms with E-state index < -0.39 is 0 Å². The molecule has 0 saturated heterocycles. The van der Waals surface area contributed by atoms with E-state index in [9.17, 15) is 0 Å². The average molecular weight is 202 g/mol. The van der Waals surface area contributed by atoms with Crippen LogP contribution in [0.2, 0.25) is 0 Å². The molecule has 0 atom stereocenters. The van der Waals surface area contributed by atoms with Gasteiger partial charge in [0, 0.05) is 0 Å². The summed E-state index contributed by atoms with van der Waals surface area (Å²) >= 11 is 1.61. The molecule has 0 N–H and O–H groups in total. The van der Waals surface area contributed by atoms with Crippen LogP contribution < -0.4 is 4.74 Å². The van der Waals surface area contributed by atoms with Gasteiger partial charge < -0.3 is 4.74 Å². The Morgan fingerprint density at radius 3 is 3.07 bits per heavy atom. The van der Waals surface area contributed by atoms with Crippen LogP contribution in [0.15, 0.2) is 46.7 Å². The van der Waals surface area contributed by atoms with Crippen molar-refractivity contribution in [1.29, 1.82) is 0 Å². The monoisotopic (exact) mass is 202 g/mol. The van der Waals surface area contributed by atoms with E-state index >= 15 is 0 Å². The number of nitrogens with zero attached hydrogens (tertiary/aromatic N) is 2. The van der Waals surface area contributed by atoms with Crippen LogP contribution in [0.25, 0.3) is 0 Å². The maximum absolute atomic E-state index is 5.63. The second-order valence-electron chi connectivity index (χ2n) is 2.84. The minimum Gasteiger partial charge on any atom is -0.452 e. The quantitative estimate of drug-likeness (QED) is 0.525. The second-order valence-corrected chi connectivity index (χ2v) is 3.87. The lowest BCUT2D eigenvalue weighted by atomic mass is 10.3. The van der Waals surface area contributed by atoms with Crippen molar-refractivity contribution >= 4 is 11.8 Å². The standard InChI is InChI=1S/C10H6N2OS/c1-2-4-9-7(3-1)13-8-5-11-6-12-10(8)14-9/h1-6H. The van der Waals surface area contributed by atoms with Gasteiger partial charge in [-0.15, -0.1) is 0 Å². The lowest BCUT2D eigenvalue weighted by molar-refractivity contribution is 0.446. The van der Waals surface area contributed by atoms with Crippen LogP contribution in [-0.2, 0) is 0 Å². The number of para-hydroxylation sites is 1. The second kappa shape index (κ2) is 2.99. The van der Waals surface area contributed by atoms with Crippen molar-refractivity contribution in [2.75, 3.05) is 0 Å². The van der Waals surface area contributed by atoms with E-state index in [1.165, 1.54) is 6.33 Å². The minimum atomic E-state index is 0.733. The highest BCUT2D eigenvalue weighted by Crippen LogP contribution is 2.44. The molecule has 0 bridgehead atoms. The summed E-state index contributed by atoms with van der Waals surface area (Å²) in [5.74, 6) is 1.61. The number of fused-ring (bicyclic) bond motifs is 2. The van der Waals surface area contributed by atoms with Crippen molar-refractivity contribution in [3.63, 3.8) is 0 Å². The fourth-order valence-electron chi connectivity index (χ4n) is 1.29. The van der Waals surface area contributed by atoms with Gasteiger partial charge in [0.1, 0.15) is 17.1 Å². The van der Waals surface area contributed by atoms with Gasteiger partial charge in [0.25, 0.3) is 0 Å². The molecule has 3 nitrogen and oxygen atoms in total. The summed E-state index contributed by atoms with van der Waals surface area (Å²) in [6.45, 7) is 0. The van der Waals surface area contributed by atoms with Gasteiger partial charge in [-0.2, -0.15) is 0 Å². The Morgan fingerprint density at radius 1 is 1.14 bits per heavy atom. The van der Waals surface area contributed by atoms with Crippen molar-refractivity contribution in [3.8, 4) is 11.5 Å². The highest BCUT2D eigenvalue weighted by molar-refractivity contribution is 7.99. The number of aromatic nitrogens is 2. The molecule has 14 heavy (non-hydrogen) atoms. The fourth-order valence-corrected chi connectivity index (χ4v) is 2.15. The van der Waals surface area contributed by atoms with Gasteiger partial charge >= 0.3 is 0 Å². The molecule has 1 aromatic heterocycles. The Kier molecular flexibility index (Phi) is 1.67. The van der Waals surface area contributed by atoms with Crippen LogP contribution in [0.4, 0.5) is 0 Å². The molecule has 1 aliphatic rings. The molecule has 0 spiro atoms. The van der Waals surface area contributed by atoms with Gasteiger partial charge in [0.2, 0.25) is 0 Å². The molecule has 0 unspecified atom stereocenters. The highest BCUT2D eigenvalue weighted by Gasteiger charge is 2.17. The summed E-state index contributed by atoms with van der Waals surface area (Å²) in [5, 5.41) is 0.874. The summed E-state index contributed by atoms with van der Waals surface area (Å²) in [7, 11) is 0. The number of ether oxygens (including phenoxy) is 1. The topological polar surface area (TPSA) is 35.0 Å². The molecule has 68 valence electrons. The predicted molar refractivity (Wildman–Crippen MR) is 52.7 cm³/mol. The summed E-state index contributed by atoms with van der Waals surface area (Å²) in [6.07, 6.45) is 3.22. The SMILES string of the molecule is c1ccc2c(c1)Oc1cncnc1S2. The van der Waals surface area contributed by atoms with E-state index in [4.69, 9.17) is 4.74 Å². The van der Waals surface area contributed by atoms with Crippen molar-refractivity contribution in [3.05, 3.63) is 36.8 Å². The molecular weight excluding hydrogens is 196 g/mol. The van der Waals surface area contributed by atoms with Crippen LogP contribution in [0, 0.1) is 0 Å².